The van der Waals surface area contributed by atoms with Crippen molar-refractivity contribution in [2.24, 2.45) is 10.8 Å². The van der Waals surface area contributed by atoms with Gasteiger partial charge in [-0.1, -0.05) is 47.1 Å². The number of carbonyl (C=O) groups excluding carboxylic acids is 1. The number of amidine groups is 1. The van der Waals surface area contributed by atoms with Crippen molar-refractivity contribution in [3.63, 3.8) is 0 Å². The molecule has 0 radical (unpaired) electrons. The molecule has 0 saturated heterocycles. The van der Waals surface area contributed by atoms with Gasteiger partial charge in [-0.05, 0) is 42.0 Å². The van der Waals surface area contributed by atoms with Crippen molar-refractivity contribution in [1.29, 1.82) is 0 Å². The Hall–Kier alpha value is -1.69. The van der Waals surface area contributed by atoms with E-state index in [4.69, 9.17) is 28.9 Å². The molecule has 4 nitrogen and oxygen atoms in total. The molecule has 114 valence electrons. The Bertz CT molecular complexity index is 689. The van der Waals surface area contributed by atoms with Crippen LogP contribution in [0.5, 0.6) is 0 Å². The zero-order valence-corrected chi connectivity index (χ0v) is 13.8. The van der Waals surface area contributed by atoms with Gasteiger partial charge in [-0.3, -0.25) is 4.79 Å². The average molecular weight is 354 g/mol. The molecule has 0 fully saturated rings. The summed E-state index contributed by atoms with van der Waals surface area (Å²) in [7, 11) is 0. The fourth-order valence-corrected chi connectivity index (χ4v) is 2.53. The molecule has 0 bridgehead atoms. The van der Waals surface area contributed by atoms with Gasteiger partial charge in [0.25, 0.3) is 5.91 Å². The molecule has 1 amide bonds. The van der Waals surface area contributed by atoms with E-state index in [-0.39, 0.29) is 11.1 Å². The molecule has 0 aliphatic heterocycles. The number of nitrogens with one attached hydrogen (secondary N) is 1. The van der Waals surface area contributed by atoms with Crippen molar-refractivity contribution in [3.8, 4) is 0 Å². The van der Waals surface area contributed by atoms with Gasteiger partial charge in [0.1, 0.15) is 0 Å². The highest BCUT2D eigenvalue weighted by Crippen LogP contribution is 2.16. The van der Waals surface area contributed by atoms with E-state index >= 15 is 0 Å². The fourth-order valence-electron chi connectivity index (χ4n) is 1.59. The molecule has 0 spiro atoms. The molecule has 3 N–H and O–H groups in total. The molecule has 0 heterocycles. The first kappa shape index (κ1) is 16.7. The predicted octanol–water partition coefficient (Wildman–Crippen LogP) is 3.89. The number of amides is 1. The molecular formula is C15H13Cl2N3OS. The third-order valence-electron chi connectivity index (χ3n) is 2.65. The molecule has 0 saturated carbocycles. The maximum Gasteiger partial charge on any atom is 0.271 e. The summed E-state index contributed by atoms with van der Waals surface area (Å²) in [5.41, 5.74) is 9.64. The number of thioether (sulfide) groups is 1. The maximum absolute atomic E-state index is 11.8. The first-order chi connectivity index (χ1) is 10.5. The topological polar surface area (TPSA) is 67.5 Å². The van der Waals surface area contributed by atoms with Crippen molar-refractivity contribution >= 4 is 46.0 Å². The van der Waals surface area contributed by atoms with Crippen LogP contribution in [0.25, 0.3) is 0 Å². The van der Waals surface area contributed by atoms with Crippen molar-refractivity contribution in [1.82, 2.24) is 5.43 Å². The molecule has 0 aliphatic rings. The highest BCUT2D eigenvalue weighted by molar-refractivity contribution is 8.13. The second-order valence-corrected chi connectivity index (χ2v) is 6.18. The van der Waals surface area contributed by atoms with Crippen LogP contribution in [-0.4, -0.2) is 11.1 Å². The molecule has 2 rings (SSSR count). The molecule has 0 atom stereocenters. The molecule has 22 heavy (non-hydrogen) atoms. The van der Waals surface area contributed by atoms with Crippen LogP contribution in [0.2, 0.25) is 10.0 Å². The van der Waals surface area contributed by atoms with Crippen molar-refractivity contribution in [3.05, 3.63) is 69.7 Å². The SMILES string of the molecule is N/C(=N\NC(=O)c1ccc(Cl)cc1)SCc1cccc(Cl)c1. The highest BCUT2D eigenvalue weighted by atomic mass is 35.5. The second-order valence-electron chi connectivity index (χ2n) is 4.32. The van der Waals surface area contributed by atoms with Gasteiger partial charge in [-0.25, -0.2) is 5.43 Å². The largest absolute Gasteiger partial charge is 0.377 e. The van der Waals surface area contributed by atoms with E-state index in [2.05, 4.69) is 10.5 Å². The van der Waals surface area contributed by atoms with Crippen LogP contribution in [0.1, 0.15) is 15.9 Å². The van der Waals surface area contributed by atoms with Gasteiger partial charge in [0.2, 0.25) is 0 Å². The van der Waals surface area contributed by atoms with E-state index in [1.165, 1.54) is 11.8 Å². The van der Waals surface area contributed by atoms with Gasteiger partial charge in [0.15, 0.2) is 5.17 Å². The van der Waals surface area contributed by atoms with Gasteiger partial charge >= 0.3 is 0 Å². The number of hydrogen-bond donors (Lipinski definition) is 2. The molecule has 2 aromatic rings. The number of nitrogens with zero attached hydrogens (tertiary/aromatic N) is 1. The lowest BCUT2D eigenvalue weighted by molar-refractivity contribution is 0.0955. The number of hydrogen-bond acceptors (Lipinski definition) is 3. The Morgan fingerprint density at radius 2 is 1.86 bits per heavy atom. The number of rotatable bonds is 4. The van der Waals surface area contributed by atoms with Gasteiger partial charge in [0, 0.05) is 21.4 Å². The summed E-state index contributed by atoms with van der Waals surface area (Å²) in [6, 6.07) is 14.0. The quantitative estimate of drug-likeness (QED) is 0.497. The zero-order valence-electron chi connectivity index (χ0n) is 11.4. The Morgan fingerprint density at radius 3 is 2.55 bits per heavy atom. The number of benzene rings is 2. The van der Waals surface area contributed by atoms with Gasteiger partial charge in [-0.15, -0.1) is 5.10 Å². The number of hydrazone groups is 1. The van der Waals surface area contributed by atoms with E-state index in [1.807, 2.05) is 18.2 Å². The smallest absolute Gasteiger partial charge is 0.271 e. The molecule has 0 unspecified atom stereocenters. The monoisotopic (exact) mass is 353 g/mol. The third kappa shape index (κ3) is 5.26. The number of halogens is 2. The van der Waals surface area contributed by atoms with Crippen molar-refractivity contribution in [2.75, 3.05) is 0 Å². The lowest BCUT2D eigenvalue weighted by Gasteiger charge is -2.03. The van der Waals surface area contributed by atoms with Crippen LogP contribution in [0.3, 0.4) is 0 Å². The van der Waals surface area contributed by atoms with E-state index < -0.39 is 0 Å². The van der Waals surface area contributed by atoms with Crippen LogP contribution in [0.4, 0.5) is 0 Å². The Kier molecular flexibility index (Phi) is 6.12. The highest BCUT2D eigenvalue weighted by Gasteiger charge is 2.04. The second kappa shape index (κ2) is 8.08. The van der Waals surface area contributed by atoms with Gasteiger partial charge in [-0.2, -0.15) is 0 Å². The summed E-state index contributed by atoms with van der Waals surface area (Å²) in [5.74, 6) is 0.273. The number of carbonyl (C=O) groups is 1. The molecule has 2 aromatic carbocycles. The van der Waals surface area contributed by atoms with Crippen LogP contribution in [0.15, 0.2) is 53.6 Å². The van der Waals surface area contributed by atoms with Crippen molar-refractivity contribution < 1.29 is 4.79 Å². The summed E-state index contributed by atoms with van der Waals surface area (Å²) >= 11 is 13.0. The first-order valence-corrected chi connectivity index (χ1v) is 8.05. The fraction of sp³-hybridized carbons (Fsp3) is 0.0667. The lowest BCUT2D eigenvalue weighted by Crippen LogP contribution is -2.21. The Morgan fingerprint density at radius 1 is 1.14 bits per heavy atom. The van der Waals surface area contributed by atoms with Gasteiger partial charge in [0.05, 0.1) is 0 Å². The summed E-state index contributed by atoms with van der Waals surface area (Å²) < 4.78 is 0. The van der Waals surface area contributed by atoms with Crippen LogP contribution < -0.4 is 11.2 Å². The standard InChI is InChI=1S/C15H13Cl2N3OS/c16-12-6-4-11(5-7-12)14(21)19-20-15(18)22-9-10-2-1-3-13(17)8-10/h1-8H,9H2,(H2,18,20)(H,19,21). The van der Waals surface area contributed by atoms with Crippen LogP contribution in [-0.2, 0) is 5.75 Å². The molecule has 7 heteroatoms. The predicted molar refractivity (Wildman–Crippen MR) is 93.3 cm³/mol. The van der Waals surface area contributed by atoms with E-state index in [0.717, 1.165) is 5.56 Å². The zero-order chi connectivity index (χ0) is 15.9. The molecule has 0 aliphatic carbocycles. The third-order valence-corrected chi connectivity index (χ3v) is 4.00. The van der Waals surface area contributed by atoms with Crippen LogP contribution >= 0.6 is 35.0 Å². The number of nitrogens with two attached hydrogens (primary N) is 1. The van der Waals surface area contributed by atoms with E-state index in [9.17, 15) is 4.79 Å². The minimum Gasteiger partial charge on any atom is -0.377 e. The molecule has 0 aromatic heterocycles. The summed E-state index contributed by atoms with van der Waals surface area (Å²) in [5, 5.41) is 5.36. The lowest BCUT2D eigenvalue weighted by atomic mass is 10.2. The minimum atomic E-state index is -0.344. The molecular weight excluding hydrogens is 341 g/mol. The maximum atomic E-state index is 11.8. The summed E-state index contributed by atoms with van der Waals surface area (Å²) in [6.45, 7) is 0. The van der Waals surface area contributed by atoms with Crippen molar-refractivity contribution in [2.45, 2.75) is 5.75 Å². The summed E-state index contributed by atoms with van der Waals surface area (Å²) in [6.07, 6.45) is 0. The summed E-state index contributed by atoms with van der Waals surface area (Å²) in [4.78, 5) is 11.8. The van der Waals surface area contributed by atoms with E-state index in [1.54, 1.807) is 30.3 Å². The average Bonchev–Trinajstić information content (AvgIpc) is 2.51. The minimum absolute atomic E-state index is 0.266. The normalized spacial score (nSPS) is 11.3. The van der Waals surface area contributed by atoms with Crippen LogP contribution in [0, 0.1) is 0 Å². The van der Waals surface area contributed by atoms with Gasteiger partial charge < -0.3 is 5.73 Å². The van der Waals surface area contributed by atoms with E-state index in [0.29, 0.717) is 21.4 Å². The Labute approximate surface area is 142 Å². The first-order valence-electron chi connectivity index (χ1n) is 6.31. The Balaban J connectivity index is 1.87.